The molecule has 2 heteroatoms. The summed E-state index contributed by atoms with van der Waals surface area (Å²) in [6.45, 7) is 6.58. The van der Waals surface area contributed by atoms with Crippen LogP contribution in [0.25, 0.3) is 0 Å². The molecule has 74 valence electrons. The van der Waals surface area contributed by atoms with E-state index < -0.39 is 0 Å². The van der Waals surface area contributed by atoms with Gasteiger partial charge in [-0.05, 0) is 31.6 Å². The van der Waals surface area contributed by atoms with Gasteiger partial charge in [0.15, 0.2) is 0 Å². The first-order chi connectivity index (χ1) is 5.64. The molecule has 0 bridgehead atoms. The molecule has 0 fully saturated rings. The van der Waals surface area contributed by atoms with Crippen molar-refractivity contribution in [2.24, 2.45) is 5.41 Å². The van der Waals surface area contributed by atoms with Crippen LogP contribution in [0.4, 0.5) is 0 Å². The minimum Gasteiger partial charge on any atom is -0.396 e. The first kappa shape index (κ1) is 11.9. The number of aliphatic hydroxyl groups excluding tert-OH is 1. The van der Waals surface area contributed by atoms with E-state index in [1.165, 1.54) is 0 Å². The maximum Gasteiger partial charge on any atom is 0.0549 e. The summed E-state index contributed by atoms with van der Waals surface area (Å²) >= 11 is 0. The number of aliphatic hydroxyl groups is 1. The number of hydrogen-bond donors (Lipinski definition) is 1. The average molecular weight is 174 g/mol. The van der Waals surface area contributed by atoms with E-state index in [4.69, 9.17) is 4.74 Å². The van der Waals surface area contributed by atoms with Gasteiger partial charge in [0.2, 0.25) is 0 Å². The zero-order chi connectivity index (χ0) is 9.61. The van der Waals surface area contributed by atoms with E-state index >= 15 is 0 Å². The summed E-state index contributed by atoms with van der Waals surface area (Å²) in [5.74, 6) is 0. The third-order valence-corrected chi connectivity index (χ3v) is 2.96. The second-order valence-corrected chi connectivity index (χ2v) is 3.62. The van der Waals surface area contributed by atoms with E-state index in [1.807, 2.05) is 0 Å². The fourth-order valence-corrected chi connectivity index (χ4v) is 1.52. The molecule has 1 unspecified atom stereocenters. The Morgan fingerprint density at radius 3 is 2.08 bits per heavy atom. The van der Waals surface area contributed by atoms with Gasteiger partial charge in [-0.25, -0.2) is 0 Å². The zero-order valence-corrected chi connectivity index (χ0v) is 8.76. The van der Waals surface area contributed by atoms with Gasteiger partial charge in [-0.2, -0.15) is 0 Å². The number of ether oxygens (including phenoxy) is 1. The minimum absolute atomic E-state index is 0.0788. The molecule has 0 heterocycles. The molecule has 0 saturated heterocycles. The molecular weight excluding hydrogens is 152 g/mol. The quantitative estimate of drug-likeness (QED) is 0.669. The Kier molecular flexibility index (Phi) is 5.51. The molecule has 0 aromatic heterocycles. The first-order valence-electron chi connectivity index (χ1n) is 4.77. The Bertz CT molecular complexity index is 100. The molecule has 0 aromatic carbocycles. The monoisotopic (exact) mass is 174 g/mol. The van der Waals surface area contributed by atoms with Crippen LogP contribution < -0.4 is 0 Å². The van der Waals surface area contributed by atoms with E-state index in [9.17, 15) is 5.11 Å². The molecule has 12 heavy (non-hydrogen) atoms. The number of methoxy groups -OCH3 is 1. The van der Waals surface area contributed by atoms with E-state index in [1.54, 1.807) is 7.11 Å². The lowest BCUT2D eigenvalue weighted by Crippen LogP contribution is -2.28. The highest BCUT2D eigenvalue weighted by atomic mass is 16.5. The molecule has 0 aliphatic carbocycles. The van der Waals surface area contributed by atoms with Gasteiger partial charge in [0.05, 0.1) is 6.10 Å². The van der Waals surface area contributed by atoms with Gasteiger partial charge >= 0.3 is 0 Å². The van der Waals surface area contributed by atoms with Crippen molar-refractivity contribution in [2.75, 3.05) is 13.7 Å². The van der Waals surface area contributed by atoms with Gasteiger partial charge in [-0.3, -0.25) is 0 Å². The summed E-state index contributed by atoms with van der Waals surface area (Å²) < 4.78 is 5.20. The fraction of sp³-hybridized carbons (Fsp3) is 1.00. The lowest BCUT2D eigenvalue weighted by atomic mass is 9.78. The van der Waals surface area contributed by atoms with Crippen LogP contribution in [0, 0.1) is 5.41 Å². The molecule has 0 amide bonds. The second-order valence-electron chi connectivity index (χ2n) is 3.62. The molecule has 0 spiro atoms. The summed E-state index contributed by atoms with van der Waals surface area (Å²) in [6.07, 6.45) is 3.24. The Hall–Kier alpha value is -0.0800. The van der Waals surface area contributed by atoms with Gasteiger partial charge < -0.3 is 9.84 Å². The normalized spacial score (nSPS) is 14.8. The van der Waals surface area contributed by atoms with Crippen LogP contribution in [0.5, 0.6) is 0 Å². The molecule has 0 radical (unpaired) electrons. The van der Waals surface area contributed by atoms with Crippen molar-refractivity contribution in [3.05, 3.63) is 0 Å². The van der Waals surface area contributed by atoms with Gasteiger partial charge in [0.1, 0.15) is 0 Å². The molecule has 2 nitrogen and oxygen atoms in total. The molecule has 0 aliphatic rings. The molecule has 0 rings (SSSR count). The van der Waals surface area contributed by atoms with Crippen LogP contribution in [-0.4, -0.2) is 24.9 Å². The highest BCUT2D eigenvalue weighted by molar-refractivity contribution is 4.77. The molecule has 0 aliphatic heterocycles. The summed E-state index contributed by atoms with van der Waals surface area (Å²) in [6, 6.07) is 0. The van der Waals surface area contributed by atoms with Gasteiger partial charge in [0.25, 0.3) is 0 Å². The van der Waals surface area contributed by atoms with E-state index in [-0.39, 0.29) is 18.1 Å². The standard InChI is InChI=1S/C10H22O2/c1-5-10(6-2,8-11)7-9(3)12-4/h9,11H,5-8H2,1-4H3. The lowest BCUT2D eigenvalue weighted by Gasteiger charge is -2.31. The third-order valence-electron chi connectivity index (χ3n) is 2.96. The molecule has 1 atom stereocenters. The number of hydrogen-bond acceptors (Lipinski definition) is 2. The van der Waals surface area contributed by atoms with Gasteiger partial charge in [-0.1, -0.05) is 13.8 Å². The maximum absolute atomic E-state index is 9.27. The molecule has 0 aromatic rings. The van der Waals surface area contributed by atoms with Crippen molar-refractivity contribution in [1.29, 1.82) is 0 Å². The van der Waals surface area contributed by atoms with Crippen molar-refractivity contribution in [2.45, 2.75) is 46.1 Å². The van der Waals surface area contributed by atoms with Crippen LogP contribution in [-0.2, 0) is 4.74 Å². The Morgan fingerprint density at radius 1 is 1.33 bits per heavy atom. The summed E-state index contributed by atoms with van der Waals surface area (Å²) in [7, 11) is 1.72. The highest BCUT2D eigenvalue weighted by Crippen LogP contribution is 2.31. The van der Waals surface area contributed by atoms with Crippen molar-refractivity contribution >= 4 is 0 Å². The Morgan fingerprint density at radius 2 is 1.83 bits per heavy atom. The van der Waals surface area contributed by atoms with Crippen molar-refractivity contribution < 1.29 is 9.84 Å². The fourth-order valence-electron chi connectivity index (χ4n) is 1.52. The van der Waals surface area contributed by atoms with Crippen molar-refractivity contribution in [3.8, 4) is 0 Å². The predicted octanol–water partition coefficient (Wildman–Crippen LogP) is 2.21. The van der Waals surface area contributed by atoms with Crippen LogP contribution >= 0.6 is 0 Å². The molecule has 0 saturated carbocycles. The number of rotatable bonds is 6. The summed E-state index contributed by atoms with van der Waals surface area (Å²) in [5.41, 5.74) is 0.0788. The SMILES string of the molecule is CCC(CC)(CO)CC(C)OC. The predicted molar refractivity (Wildman–Crippen MR) is 51.2 cm³/mol. The maximum atomic E-state index is 9.27. The van der Waals surface area contributed by atoms with Crippen molar-refractivity contribution in [3.63, 3.8) is 0 Å². The van der Waals surface area contributed by atoms with Gasteiger partial charge in [-0.15, -0.1) is 0 Å². The van der Waals surface area contributed by atoms with Crippen molar-refractivity contribution in [1.82, 2.24) is 0 Å². The third kappa shape index (κ3) is 3.11. The average Bonchev–Trinajstić information content (AvgIpc) is 2.14. The van der Waals surface area contributed by atoms with E-state index in [0.717, 1.165) is 19.3 Å². The zero-order valence-electron chi connectivity index (χ0n) is 8.76. The minimum atomic E-state index is 0.0788. The molecular formula is C10H22O2. The largest absolute Gasteiger partial charge is 0.396 e. The summed E-state index contributed by atoms with van der Waals surface area (Å²) in [5, 5.41) is 9.27. The van der Waals surface area contributed by atoms with Gasteiger partial charge in [0, 0.05) is 13.7 Å². The Labute approximate surface area is 75.9 Å². The van der Waals surface area contributed by atoms with Crippen LogP contribution in [0.3, 0.4) is 0 Å². The topological polar surface area (TPSA) is 29.5 Å². The highest BCUT2D eigenvalue weighted by Gasteiger charge is 2.27. The summed E-state index contributed by atoms with van der Waals surface area (Å²) in [4.78, 5) is 0. The smallest absolute Gasteiger partial charge is 0.0549 e. The lowest BCUT2D eigenvalue weighted by molar-refractivity contribution is 0.0270. The van der Waals surface area contributed by atoms with E-state index in [2.05, 4.69) is 20.8 Å². The molecule has 1 N–H and O–H groups in total. The van der Waals surface area contributed by atoms with E-state index in [0.29, 0.717) is 0 Å². The Balaban J connectivity index is 4.09. The first-order valence-corrected chi connectivity index (χ1v) is 4.77. The van der Waals surface area contributed by atoms with Crippen LogP contribution in [0.1, 0.15) is 40.0 Å². The van der Waals surface area contributed by atoms with Crippen LogP contribution in [0.15, 0.2) is 0 Å². The van der Waals surface area contributed by atoms with Crippen LogP contribution in [0.2, 0.25) is 0 Å². The second kappa shape index (κ2) is 5.55.